The molecule has 11 heavy (non-hydrogen) atoms. The van der Waals surface area contributed by atoms with Crippen molar-refractivity contribution in [3.63, 3.8) is 0 Å². The van der Waals surface area contributed by atoms with E-state index in [9.17, 15) is 7.61 Å². The molecule has 0 saturated heterocycles. The van der Waals surface area contributed by atoms with Crippen LogP contribution in [0.25, 0.3) is 0 Å². The molecule has 0 aliphatic heterocycles. The first-order valence-corrected chi connectivity index (χ1v) is 6.65. The number of halogens is 1. The molecule has 6 heteroatoms. The molecule has 0 unspecified atom stereocenters. The molecule has 61 valence electrons. The van der Waals surface area contributed by atoms with Gasteiger partial charge in [-0.05, 0) is 0 Å². The zero-order chi connectivity index (χ0) is 8.56. The first-order chi connectivity index (χ1) is 4.86. The van der Waals surface area contributed by atoms with Crippen LogP contribution in [-0.4, -0.2) is 9.14 Å². The quantitative estimate of drug-likeness (QED) is 0.723. The summed E-state index contributed by atoms with van der Waals surface area (Å²) in [5, 5.41) is 0. The van der Waals surface area contributed by atoms with Gasteiger partial charge in [0.25, 0.3) is 0 Å². The fourth-order valence-electron chi connectivity index (χ4n) is 0.545. The third-order valence-corrected chi connectivity index (χ3v) is 3.08. The molecule has 4 nitrogen and oxygen atoms in total. The molecular formula is C5H5ClCrNO3. The van der Waals surface area contributed by atoms with Crippen LogP contribution >= 0.6 is 10.0 Å². The SMILES string of the molecule is [O]=[Cr](=[O])([OH])([Cl])[c]1ccccn1. The van der Waals surface area contributed by atoms with E-state index in [-0.39, 0.29) is 0 Å². The Bertz CT molecular complexity index is 371. The fraction of sp³-hybridized carbons (Fsp3) is 0. The molecule has 0 saturated carbocycles. The molecule has 1 N–H and O–H groups in total. The molecule has 0 fully saturated rings. The summed E-state index contributed by atoms with van der Waals surface area (Å²) in [6.45, 7) is 0. The summed E-state index contributed by atoms with van der Waals surface area (Å²) in [5.74, 6) is 0. The standard InChI is InChI=1S/C5H4N.ClH.Cr.H2O.2O/c1-2-4-6-5-3-1;;;;;/h1-4H;1H;;1H2;;/q;;+2;;;/p-2. The minimum absolute atomic E-state index is 0.492. The van der Waals surface area contributed by atoms with Crippen LogP contribution in [0.1, 0.15) is 0 Å². The molecule has 1 aromatic heterocycles. The fourth-order valence-corrected chi connectivity index (χ4v) is 1.76. The molecule has 0 atom stereocenters. The molecule has 0 bridgehead atoms. The van der Waals surface area contributed by atoms with Gasteiger partial charge >= 0.3 is 67.0 Å². The Morgan fingerprint density at radius 1 is 1.45 bits per heavy atom. The van der Waals surface area contributed by atoms with Crippen LogP contribution < -0.4 is 4.56 Å². The number of nitrogens with zero attached hydrogens (tertiary/aromatic N) is 1. The summed E-state index contributed by atoms with van der Waals surface area (Å²) in [5.41, 5.74) is 0. The van der Waals surface area contributed by atoms with E-state index in [1.165, 1.54) is 18.3 Å². The topological polar surface area (TPSA) is 67.3 Å². The van der Waals surface area contributed by atoms with Gasteiger partial charge in [-0.1, -0.05) is 0 Å². The van der Waals surface area contributed by atoms with Crippen LogP contribution in [0.5, 0.6) is 0 Å². The van der Waals surface area contributed by atoms with Gasteiger partial charge < -0.3 is 0 Å². The van der Waals surface area contributed by atoms with Crippen LogP contribution in [0.15, 0.2) is 24.4 Å². The van der Waals surface area contributed by atoms with Gasteiger partial charge in [-0.2, -0.15) is 0 Å². The number of hydrogen-bond donors (Lipinski definition) is 1. The van der Waals surface area contributed by atoms with E-state index in [4.69, 9.17) is 14.2 Å². The van der Waals surface area contributed by atoms with Crippen LogP contribution in [0.3, 0.4) is 0 Å². The third kappa shape index (κ3) is 2.24. The Hall–Kier alpha value is -0.468. The van der Waals surface area contributed by atoms with Gasteiger partial charge in [0.1, 0.15) is 0 Å². The van der Waals surface area contributed by atoms with Crippen LogP contribution in [-0.2, 0) is 18.9 Å². The van der Waals surface area contributed by atoms with E-state index in [0.717, 1.165) is 6.07 Å². The molecule has 0 aromatic carbocycles. The predicted molar refractivity (Wildman–Crippen MR) is 33.3 cm³/mol. The second-order valence-corrected chi connectivity index (χ2v) is 7.15. The number of aromatic nitrogens is 1. The summed E-state index contributed by atoms with van der Waals surface area (Å²) in [6, 6.07) is 4.08. The summed E-state index contributed by atoms with van der Waals surface area (Å²) < 4.78 is 29.7. The van der Waals surface area contributed by atoms with Crippen molar-refractivity contribution in [3.8, 4) is 0 Å². The average Bonchev–Trinajstić information content (AvgIpc) is 1.86. The zero-order valence-corrected chi connectivity index (χ0v) is 7.34. The Morgan fingerprint density at radius 3 is 2.36 bits per heavy atom. The Kier molecular flexibility index (Phi) is 1.77. The summed E-state index contributed by atoms with van der Waals surface area (Å²) in [6.07, 6.45) is 1.24. The Morgan fingerprint density at radius 2 is 2.09 bits per heavy atom. The van der Waals surface area contributed by atoms with Gasteiger partial charge in [0, 0.05) is 0 Å². The first kappa shape index (κ1) is 8.63. The normalized spacial score (nSPS) is 15.3. The zero-order valence-electron chi connectivity index (χ0n) is 5.31. The van der Waals surface area contributed by atoms with Gasteiger partial charge in [0.05, 0.1) is 0 Å². The van der Waals surface area contributed by atoms with Crippen molar-refractivity contribution in [1.29, 1.82) is 0 Å². The van der Waals surface area contributed by atoms with Crippen molar-refractivity contribution >= 4 is 14.6 Å². The van der Waals surface area contributed by atoms with Gasteiger partial charge in [-0.3, -0.25) is 0 Å². The second-order valence-electron chi connectivity index (χ2n) is 1.92. The summed E-state index contributed by atoms with van der Waals surface area (Å²) in [7, 11) is 4.86. The number of hydrogen-bond acceptors (Lipinski definition) is 3. The predicted octanol–water partition coefficient (Wildman–Crippen LogP) is 0.149. The average molecular weight is 215 g/mol. The molecule has 0 spiro atoms. The van der Waals surface area contributed by atoms with E-state index >= 15 is 0 Å². The second kappa shape index (κ2) is 2.26. The van der Waals surface area contributed by atoms with Gasteiger partial charge in [0.15, 0.2) is 0 Å². The monoisotopic (exact) mass is 214 g/mol. The third-order valence-electron chi connectivity index (χ3n) is 0.981. The van der Waals surface area contributed by atoms with Crippen molar-refractivity contribution in [3.05, 3.63) is 24.4 Å². The molecule has 1 aromatic rings. The molecule has 0 amide bonds. The molecule has 0 aliphatic carbocycles. The Balaban J connectivity index is 3.38. The maximum absolute atomic E-state index is 10.8. The summed E-state index contributed by atoms with van der Waals surface area (Å²) >= 11 is -6.01. The van der Waals surface area contributed by atoms with Gasteiger partial charge in [-0.25, -0.2) is 0 Å². The van der Waals surface area contributed by atoms with Crippen molar-refractivity contribution < 1.29 is 23.1 Å². The summed E-state index contributed by atoms with van der Waals surface area (Å²) in [4.78, 5) is 3.39. The number of rotatable bonds is 1. The van der Waals surface area contributed by atoms with E-state index < -0.39 is 15.8 Å². The molecule has 1 heterocycles. The van der Waals surface area contributed by atoms with Gasteiger partial charge in [0.2, 0.25) is 0 Å². The van der Waals surface area contributed by atoms with E-state index in [1.54, 1.807) is 0 Å². The van der Waals surface area contributed by atoms with E-state index in [2.05, 4.69) is 4.98 Å². The van der Waals surface area contributed by atoms with Crippen molar-refractivity contribution in [2.24, 2.45) is 0 Å². The van der Waals surface area contributed by atoms with Crippen molar-refractivity contribution in [1.82, 2.24) is 4.98 Å². The number of pyridine rings is 1. The first-order valence-electron chi connectivity index (χ1n) is 2.64. The molecule has 1 rings (SSSR count). The Labute approximate surface area is 67.4 Å². The van der Waals surface area contributed by atoms with Crippen LogP contribution in [0, 0.1) is 0 Å². The van der Waals surface area contributed by atoms with Crippen LogP contribution in [0.4, 0.5) is 0 Å². The minimum atomic E-state index is -6.01. The van der Waals surface area contributed by atoms with E-state index in [1.807, 2.05) is 0 Å². The molecular weight excluding hydrogens is 210 g/mol. The maximum atomic E-state index is 10.8. The van der Waals surface area contributed by atoms with Gasteiger partial charge in [-0.15, -0.1) is 0 Å². The van der Waals surface area contributed by atoms with Crippen LogP contribution in [0.2, 0.25) is 0 Å². The van der Waals surface area contributed by atoms with Crippen molar-refractivity contribution in [2.45, 2.75) is 0 Å². The van der Waals surface area contributed by atoms with E-state index in [0.29, 0.717) is 0 Å². The molecule has 0 aliphatic rings. The molecule has 0 radical (unpaired) electrons. The van der Waals surface area contributed by atoms with Crippen molar-refractivity contribution in [2.75, 3.05) is 0 Å².